The van der Waals surface area contributed by atoms with E-state index >= 15 is 0 Å². The Bertz CT molecular complexity index is 448. The largest absolute Gasteiger partial charge is 0.370 e. The number of hydrogen-bond acceptors (Lipinski definition) is 4. The molecule has 1 fully saturated rings. The van der Waals surface area contributed by atoms with Crippen LogP contribution in [0.1, 0.15) is 31.7 Å². The first-order chi connectivity index (χ1) is 8.56. The first kappa shape index (κ1) is 12.8. The molecule has 1 heterocycles. The van der Waals surface area contributed by atoms with Crippen LogP contribution in [0.2, 0.25) is 0 Å². The molecule has 0 radical (unpaired) electrons. The molecule has 5 heteroatoms. The van der Waals surface area contributed by atoms with Gasteiger partial charge in [0.25, 0.3) is 5.69 Å². The van der Waals surface area contributed by atoms with Crippen molar-refractivity contribution in [2.24, 2.45) is 11.8 Å². The van der Waals surface area contributed by atoms with Crippen LogP contribution in [-0.2, 0) is 0 Å². The highest BCUT2D eigenvalue weighted by Crippen LogP contribution is 2.30. The van der Waals surface area contributed by atoms with Gasteiger partial charge in [0.15, 0.2) is 0 Å². The number of anilines is 1. The summed E-state index contributed by atoms with van der Waals surface area (Å²) < 4.78 is 0. The van der Waals surface area contributed by atoms with Crippen LogP contribution in [0.3, 0.4) is 0 Å². The SMILES string of the molecule is Cc1cnc(NCC2CCC(C)C2)cc1[N+](=O)[O-]. The molecule has 1 aromatic rings. The molecular weight excluding hydrogens is 230 g/mol. The Hall–Kier alpha value is -1.65. The quantitative estimate of drug-likeness (QED) is 0.657. The zero-order valence-electron chi connectivity index (χ0n) is 10.8. The van der Waals surface area contributed by atoms with Crippen molar-refractivity contribution in [2.45, 2.75) is 33.1 Å². The van der Waals surface area contributed by atoms with Crippen molar-refractivity contribution >= 4 is 11.5 Å². The normalized spacial score (nSPS) is 23.0. The lowest BCUT2D eigenvalue weighted by atomic mass is 10.1. The van der Waals surface area contributed by atoms with Gasteiger partial charge in [-0.3, -0.25) is 10.1 Å². The molecule has 98 valence electrons. The third kappa shape index (κ3) is 2.97. The summed E-state index contributed by atoms with van der Waals surface area (Å²) in [6.45, 7) is 4.83. The Labute approximate surface area is 107 Å². The van der Waals surface area contributed by atoms with E-state index in [9.17, 15) is 10.1 Å². The topological polar surface area (TPSA) is 68.1 Å². The van der Waals surface area contributed by atoms with E-state index < -0.39 is 0 Å². The lowest BCUT2D eigenvalue weighted by Gasteiger charge is -2.11. The van der Waals surface area contributed by atoms with Crippen molar-refractivity contribution in [3.05, 3.63) is 27.9 Å². The second-order valence-electron chi connectivity index (χ2n) is 5.28. The van der Waals surface area contributed by atoms with Gasteiger partial charge in [-0.15, -0.1) is 0 Å². The fraction of sp³-hybridized carbons (Fsp3) is 0.615. The van der Waals surface area contributed by atoms with Crippen molar-refractivity contribution in [3.63, 3.8) is 0 Å². The summed E-state index contributed by atoms with van der Waals surface area (Å²) in [4.78, 5) is 14.7. The summed E-state index contributed by atoms with van der Waals surface area (Å²) in [5, 5.41) is 14.0. The van der Waals surface area contributed by atoms with Gasteiger partial charge in [-0.1, -0.05) is 13.3 Å². The smallest absolute Gasteiger partial charge is 0.277 e. The molecule has 1 saturated carbocycles. The Morgan fingerprint density at radius 3 is 2.94 bits per heavy atom. The van der Waals surface area contributed by atoms with Crippen molar-refractivity contribution in [2.75, 3.05) is 11.9 Å². The van der Waals surface area contributed by atoms with Gasteiger partial charge in [-0.2, -0.15) is 0 Å². The van der Waals surface area contributed by atoms with E-state index in [1.54, 1.807) is 13.1 Å². The maximum Gasteiger partial charge on any atom is 0.277 e. The molecule has 0 spiro atoms. The lowest BCUT2D eigenvalue weighted by molar-refractivity contribution is -0.385. The number of nitrogens with zero attached hydrogens (tertiary/aromatic N) is 2. The van der Waals surface area contributed by atoms with Gasteiger partial charge < -0.3 is 5.32 Å². The molecule has 0 saturated heterocycles. The maximum absolute atomic E-state index is 10.8. The lowest BCUT2D eigenvalue weighted by Crippen LogP contribution is -2.12. The van der Waals surface area contributed by atoms with Crippen LogP contribution in [0.4, 0.5) is 11.5 Å². The van der Waals surface area contributed by atoms with Crippen molar-refractivity contribution in [1.29, 1.82) is 0 Å². The molecule has 2 unspecified atom stereocenters. The van der Waals surface area contributed by atoms with E-state index in [0.29, 0.717) is 17.3 Å². The van der Waals surface area contributed by atoms with Crippen LogP contribution in [-0.4, -0.2) is 16.5 Å². The number of nitro groups is 1. The summed E-state index contributed by atoms with van der Waals surface area (Å²) in [6.07, 6.45) is 5.31. The fourth-order valence-electron chi connectivity index (χ4n) is 2.57. The highest BCUT2D eigenvalue weighted by molar-refractivity contribution is 5.48. The van der Waals surface area contributed by atoms with Crippen LogP contribution in [0.5, 0.6) is 0 Å². The van der Waals surface area contributed by atoms with E-state index in [2.05, 4.69) is 17.2 Å². The van der Waals surface area contributed by atoms with E-state index in [4.69, 9.17) is 0 Å². The highest BCUT2D eigenvalue weighted by atomic mass is 16.6. The third-order valence-electron chi connectivity index (χ3n) is 3.65. The Balaban J connectivity index is 1.97. The Kier molecular flexibility index (Phi) is 3.79. The van der Waals surface area contributed by atoms with Crippen molar-refractivity contribution < 1.29 is 4.92 Å². The Morgan fingerprint density at radius 1 is 1.56 bits per heavy atom. The summed E-state index contributed by atoms with van der Waals surface area (Å²) in [7, 11) is 0. The molecular formula is C13H19N3O2. The molecule has 5 nitrogen and oxygen atoms in total. The molecule has 1 aromatic heterocycles. The zero-order chi connectivity index (χ0) is 13.1. The predicted molar refractivity (Wildman–Crippen MR) is 70.6 cm³/mol. The molecule has 0 aliphatic heterocycles. The molecule has 1 aliphatic carbocycles. The van der Waals surface area contributed by atoms with Crippen LogP contribution in [0.15, 0.2) is 12.3 Å². The molecule has 1 aliphatic rings. The van der Waals surface area contributed by atoms with E-state index in [1.807, 2.05) is 0 Å². The average Bonchev–Trinajstić information content (AvgIpc) is 2.74. The standard InChI is InChI=1S/C13H19N3O2/c1-9-3-4-11(5-9)8-15-13-6-12(16(17)18)10(2)7-14-13/h6-7,9,11H,3-5,8H2,1-2H3,(H,14,15). The number of aromatic nitrogens is 1. The monoisotopic (exact) mass is 249 g/mol. The van der Waals surface area contributed by atoms with Crippen LogP contribution in [0, 0.1) is 28.9 Å². The van der Waals surface area contributed by atoms with Crippen LogP contribution >= 0.6 is 0 Å². The molecule has 0 aromatic carbocycles. The first-order valence-corrected chi connectivity index (χ1v) is 6.41. The van der Waals surface area contributed by atoms with Gasteiger partial charge in [0.2, 0.25) is 0 Å². The number of aryl methyl sites for hydroxylation is 1. The number of pyridine rings is 1. The summed E-state index contributed by atoms with van der Waals surface area (Å²) >= 11 is 0. The Morgan fingerprint density at radius 2 is 2.33 bits per heavy atom. The van der Waals surface area contributed by atoms with E-state index in [0.717, 1.165) is 12.5 Å². The number of hydrogen-bond donors (Lipinski definition) is 1. The summed E-state index contributed by atoms with van der Waals surface area (Å²) in [5.41, 5.74) is 0.729. The second-order valence-corrected chi connectivity index (χ2v) is 5.28. The number of nitrogens with one attached hydrogen (secondary N) is 1. The maximum atomic E-state index is 10.8. The van der Waals surface area contributed by atoms with Gasteiger partial charge in [0, 0.05) is 18.3 Å². The minimum Gasteiger partial charge on any atom is -0.370 e. The van der Waals surface area contributed by atoms with Gasteiger partial charge >= 0.3 is 0 Å². The number of rotatable bonds is 4. The van der Waals surface area contributed by atoms with Crippen LogP contribution < -0.4 is 5.32 Å². The molecule has 0 bridgehead atoms. The molecule has 2 atom stereocenters. The average molecular weight is 249 g/mol. The van der Waals surface area contributed by atoms with Gasteiger partial charge in [0.05, 0.1) is 11.0 Å². The zero-order valence-corrected chi connectivity index (χ0v) is 10.8. The highest BCUT2D eigenvalue weighted by Gasteiger charge is 2.21. The van der Waals surface area contributed by atoms with Crippen molar-refractivity contribution in [1.82, 2.24) is 4.98 Å². The first-order valence-electron chi connectivity index (χ1n) is 6.41. The predicted octanol–water partition coefficient (Wildman–Crippen LogP) is 3.15. The second kappa shape index (κ2) is 5.33. The van der Waals surface area contributed by atoms with E-state index in [1.165, 1.54) is 25.3 Å². The minimum atomic E-state index is -0.361. The third-order valence-corrected chi connectivity index (χ3v) is 3.65. The molecule has 18 heavy (non-hydrogen) atoms. The van der Waals surface area contributed by atoms with Crippen LogP contribution in [0.25, 0.3) is 0 Å². The molecule has 0 amide bonds. The fourth-order valence-corrected chi connectivity index (χ4v) is 2.57. The minimum absolute atomic E-state index is 0.132. The van der Waals surface area contributed by atoms with Crippen molar-refractivity contribution in [3.8, 4) is 0 Å². The molecule has 2 rings (SSSR count). The summed E-state index contributed by atoms with van der Waals surface area (Å²) in [6, 6.07) is 1.52. The van der Waals surface area contributed by atoms with Gasteiger partial charge in [-0.05, 0) is 31.6 Å². The molecule has 1 N–H and O–H groups in total. The van der Waals surface area contributed by atoms with Gasteiger partial charge in [-0.25, -0.2) is 4.98 Å². The van der Waals surface area contributed by atoms with E-state index in [-0.39, 0.29) is 10.6 Å². The summed E-state index contributed by atoms with van der Waals surface area (Å²) in [5.74, 6) is 2.08. The van der Waals surface area contributed by atoms with Gasteiger partial charge in [0.1, 0.15) is 5.82 Å².